The standard InChI is InChI=1S/C18H18ClNO4/c1-3-8-24-16-7-4-12(9-17(16)23-2)11-20-13-5-6-14(18(21)22)15(19)10-13/h3-7,9-10,20H,1,8,11H2,2H3,(H,21,22). The molecule has 0 aromatic heterocycles. The fraction of sp³-hybridized carbons (Fsp3) is 0.167. The molecule has 0 amide bonds. The van der Waals surface area contributed by atoms with E-state index in [0.717, 1.165) is 11.3 Å². The van der Waals surface area contributed by atoms with Crippen LogP contribution >= 0.6 is 11.6 Å². The average Bonchev–Trinajstić information content (AvgIpc) is 2.58. The third-order valence-corrected chi connectivity index (χ3v) is 3.59. The number of aromatic carboxylic acids is 1. The van der Waals surface area contributed by atoms with Gasteiger partial charge in [-0.3, -0.25) is 0 Å². The predicted octanol–water partition coefficient (Wildman–Crippen LogP) is 4.22. The molecule has 2 N–H and O–H groups in total. The van der Waals surface area contributed by atoms with E-state index in [0.29, 0.717) is 24.7 Å². The number of benzene rings is 2. The molecular formula is C18H18ClNO4. The molecule has 0 unspecified atom stereocenters. The minimum absolute atomic E-state index is 0.0765. The first-order chi connectivity index (χ1) is 11.5. The number of halogens is 1. The molecule has 0 aliphatic heterocycles. The van der Waals surface area contributed by atoms with E-state index in [9.17, 15) is 4.79 Å². The van der Waals surface area contributed by atoms with Crippen LogP contribution in [0.4, 0.5) is 5.69 Å². The summed E-state index contributed by atoms with van der Waals surface area (Å²) in [5, 5.41) is 12.4. The summed E-state index contributed by atoms with van der Waals surface area (Å²) >= 11 is 5.96. The summed E-state index contributed by atoms with van der Waals surface area (Å²) in [4.78, 5) is 11.0. The Hall–Kier alpha value is -2.66. The molecule has 0 aliphatic carbocycles. The van der Waals surface area contributed by atoms with Gasteiger partial charge in [-0.15, -0.1) is 0 Å². The Bertz CT molecular complexity index is 746. The molecule has 0 saturated heterocycles. The summed E-state index contributed by atoms with van der Waals surface area (Å²) in [6, 6.07) is 10.4. The molecule has 0 fully saturated rings. The van der Waals surface area contributed by atoms with Crippen molar-refractivity contribution in [3.8, 4) is 11.5 Å². The van der Waals surface area contributed by atoms with Gasteiger partial charge >= 0.3 is 5.97 Å². The van der Waals surface area contributed by atoms with E-state index in [1.807, 2.05) is 18.2 Å². The summed E-state index contributed by atoms with van der Waals surface area (Å²) in [6.45, 7) is 4.55. The van der Waals surface area contributed by atoms with Crippen molar-refractivity contribution in [1.29, 1.82) is 0 Å². The molecule has 2 aromatic rings. The highest BCUT2D eigenvalue weighted by Crippen LogP contribution is 2.28. The Balaban J connectivity index is 2.07. The minimum atomic E-state index is -1.05. The molecule has 5 nitrogen and oxygen atoms in total. The Morgan fingerprint density at radius 2 is 2.08 bits per heavy atom. The second kappa shape index (κ2) is 8.26. The molecule has 0 spiro atoms. The summed E-state index contributed by atoms with van der Waals surface area (Å²) in [6.07, 6.45) is 1.67. The molecule has 6 heteroatoms. The van der Waals surface area contributed by atoms with Gasteiger partial charge in [0.05, 0.1) is 17.7 Å². The lowest BCUT2D eigenvalue weighted by Crippen LogP contribution is -2.03. The highest BCUT2D eigenvalue weighted by Gasteiger charge is 2.09. The number of hydrogen-bond acceptors (Lipinski definition) is 4. The van der Waals surface area contributed by atoms with Crippen molar-refractivity contribution in [2.45, 2.75) is 6.54 Å². The number of anilines is 1. The van der Waals surface area contributed by atoms with Gasteiger partial charge in [-0.25, -0.2) is 4.79 Å². The largest absolute Gasteiger partial charge is 0.493 e. The highest BCUT2D eigenvalue weighted by molar-refractivity contribution is 6.33. The van der Waals surface area contributed by atoms with Crippen LogP contribution in [0, 0.1) is 0 Å². The number of ether oxygens (including phenoxy) is 2. The maximum Gasteiger partial charge on any atom is 0.337 e. The van der Waals surface area contributed by atoms with Gasteiger partial charge in [0.15, 0.2) is 11.5 Å². The molecule has 0 heterocycles. The van der Waals surface area contributed by atoms with Crippen molar-refractivity contribution in [3.05, 3.63) is 65.2 Å². The van der Waals surface area contributed by atoms with Gasteiger partial charge in [0.25, 0.3) is 0 Å². The topological polar surface area (TPSA) is 67.8 Å². The van der Waals surface area contributed by atoms with Gasteiger partial charge in [-0.05, 0) is 35.9 Å². The Kier molecular flexibility index (Phi) is 6.09. The predicted molar refractivity (Wildman–Crippen MR) is 94.4 cm³/mol. The zero-order chi connectivity index (χ0) is 17.5. The Morgan fingerprint density at radius 1 is 1.29 bits per heavy atom. The average molecular weight is 348 g/mol. The summed E-state index contributed by atoms with van der Waals surface area (Å²) in [7, 11) is 1.58. The van der Waals surface area contributed by atoms with E-state index in [1.165, 1.54) is 6.07 Å². The van der Waals surface area contributed by atoms with Gasteiger partial charge in [-0.1, -0.05) is 30.3 Å². The maximum atomic E-state index is 11.0. The van der Waals surface area contributed by atoms with Crippen LogP contribution in [0.15, 0.2) is 49.1 Å². The summed E-state index contributed by atoms with van der Waals surface area (Å²) in [5.41, 5.74) is 1.79. The van der Waals surface area contributed by atoms with Crippen molar-refractivity contribution in [2.75, 3.05) is 19.0 Å². The van der Waals surface area contributed by atoms with E-state index in [4.69, 9.17) is 26.2 Å². The first kappa shape index (κ1) is 17.7. The van der Waals surface area contributed by atoms with E-state index in [1.54, 1.807) is 25.3 Å². The van der Waals surface area contributed by atoms with E-state index in [-0.39, 0.29) is 10.6 Å². The van der Waals surface area contributed by atoms with Crippen molar-refractivity contribution in [3.63, 3.8) is 0 Å². The maximum absolute atomic E-state index is 11.0. The number of rotatable bonds is 8. The molecular weight excluding hydrogens is 330 g/mol. The van der Waals surface area contributed by atoms with E-state index >= 15 is 0 Å². The Labute approximate surface area is 145 Å². The zero-order valence-electron chi connectivity index (χ0n) is 13.2. The lowest BCUT2D eigenvalue weighted by molar-refractivity contribution is 0.0697. The SMILES string of the molecule is C=CCOc1ccc(CNc2ccc(C(=O)O)c(Cl)c2)cc1OC. The van der Waals surface area contributed by atoms with Crippen LogP contribution in [0.1, 0.15) is 15.9 Å². The number of hydrogen-bond donors (Lipinski definition) is 2. The van der Waals surface area contributed by atoms with Crippen LogP contribution in [-0.4, -0.2) is 24.8 Å². The molecule has 126 valence electrons. The van der Waals surface area contributed by atoms with Gasteiger partial charge in [0.1, 0.15) is 6.61 Å². The van der Waals surface area contributed by atoms with Gasteiger partial charge in [0.2, 0.25) is 0 Å². The lowest BCUT2D eigenvalue weighted by Gasteiger charge is -2.12. The first-order valence-electron chi connectivity index (χ1n) is 7.22. The van der Waals surface area contributed by atoms with Gasteiger partial charge in [-0.2, -0.15) is 0 Å². The van der Waals surface area contributed by atoms with Crippen LogP contribution in [0.25, 0.3) is 0 Å². The fourth-order valence-electron chi connectivity index (χ4n) is 2.09. The molecule has 0 bridgehead atoms. The van der Waals surface area contributed by atoms with Crippen LogP contribution in [0.3, 0.4) is 0 Å². The summed E-state index contributed by atoms with van der Waals surface area (Å²) < 4.78 is 10.8. The molecule has 0 saturated carbocycles. The first-order valence-corrected chi connectivity index (χ1v) is 7.60. The van der Waals surface area contributed by atoms with Crippen LogP contribution in [0.5, 0.6) is 11.5 Å². The third kappa shape index (κ3) is 4.43. The van der Waals surface area contributed by atoms with Gasteiger partial charge < -0.3 is 19.9 Å². The quantitative estimate of drug-likeness (QED) is 0.700. The normalized spacial score (nSPS) is 10.1. The molecule has 2 rings (SSSR count). The zero-order valence-corrected chi connectivity index (χ0v) is 14.0. The van der Waals surface area contributed by atoms with Crippen molar-refractivity contribution < 1.29 is 19.4 Å². The van der Waals surface area contributed by atoms with Crippen LogP contribution in [-0.2, 0) is 6.54 Å². The molecule has 0 atom stereocenters. The second-order valence-electron chi connectivity index (χ2n) is 4.94. The number of carboxylic acids is 1. The van der Waals surface area contributed by atoms with Crippen LogP contribution < -0.4 is 14.8 Å². The number of carboxylic acid groups (broad SMARTS) is 1. The van der Waals surface area contributed by atoms with Crippen molar-refractivity contribution >= 4 is 23.3 Å². The summed E-state index contributed by atoms with van der Waals surface area (Å²) in [5.74, 6) is 0.233. The van der Waals surface area contributed by atoms with Crippen molar-refractivity contribution in [2.24, 2.45) is 0 Å². The minimum Gasteiger partial charge on any atom is -0.493 e. The molecule has 0 radical (unpaired) electrons. The van der Waals surface area contributed by atoms with E-state index in [2.05, 4.69) is 11.9 Å². The second-order valence-corrected chi connectivity index (χ2v) is 5.35. The monoisotopic (exact) mass is 347 g/mol. The smallest absolute Gasteiger partial charge is 0.337 e. The third-order valence-electron chi connectivity index (χ3n) is 3.28. The van der Waals surface area contributed by atoms with Crippen molar-refractivity contribution in [1.82, 2.24) is 0 Å². The molecule has 2 aromatic carbocycles. The Morgan fingerprint density at radius 3 is 2.71 bits per heavy atom. The number of carbonyl (C=O) groups is 1. The molecule has 0 aliphatic rings. The fourth-order valence-corrected chi connectivity index (χ4v) is 2.35. The van der Waals surface area contributed by atoms with Gasteiger partial charge in [0, 0.05) is 12.2 Å². The number of methoxy groups -OCH3 is 1. The number of nitrogens with one attached hydrogen (secondary N) is 1. The molecule has 24 heavy (non-hydrogen) atoms. The van der Waals surface area contributed by atoms with Crippen LogP contribution in [0.2, 0.25) is 5.02 Å². The lowest BCUT2D eigenvalue weighted by atomic mass is 10.1. The van der Waals surface area contributed by atoms with E-state index < -0.39 is 5.97 Å². The highest BCUT2D eigenvalue weighted by atomic mass is 35.5.